The minimum Gasteiger partial charge on any atom is -0.497 e. The number of benzene rings is 1. The predicted octanol–water partition coefficient (Wildman–Crippen LogP) is 2.75. The van der Waals surface area contributed by atoms with Crippen LogP contribution in [-0.4, -0.2) is 29.7 Å². The number of imide groups is 1. The van der Waals surface area contributed by atoms with Gasteiger partial charge in [0.1, 0.15) is 5.75 Å². The predicted molar refractivity (Wildman–Crippen MR) is 71.3 cm³/mol. The molecule has 18 heavy (non-hydrogen) atoms. The second kappa shape index (κ2) is 5.27. The maximum atomic E-state index is 11.9. The number of carbonyl (C=O) groups excluding carboxylic acids is 2. The van der Waals surface area contributed by atoms with E-state index in [0.29, 0.717) is 11.4 Å². The lowest BCUT2D eigenvalue weighted by molar-refractivity contribution is -0.122. The van der Waals surface area contributed by atoms with Crippen molar-refractivity contribution >= 4 is 29.0 Å². The molecule has 1 saturated heterocycles. The molecule has 0 bridgehead atoms. The molecule has 0 unspecified atom stereocenters. The molecule has 0 N–H and O–H groups in total. The van der Waals surface area contributed by atoms with Gasteiger partial charge in [0.2, 0.25) is 0 Å². The van der Waals surface area contributed by atoms with Gasteiger partial charge in [0, 0.05) is 6.54 Å². The molecule has 94 valence electrons. The Labute approximate surface area is 110 Å². The molecule has 2 amide bonds. The van der Waals surface area contributed by atoms with Crippen LogP contribution in [0.4, 0.5) is 4.79 Å². The van der Waals surface area contributed by atoms with Crippen molar-refractivity contribution in [2.75, 3.05) is 13.7 Å². The number of nitrogens with zero attached hydrogens (tertiary/aromatic N) is 1. The first kappa shape index (κ1) is 12.7. The van der Waals surface area contributed by atoms with Gasteiger partial charge in [0.05, 0.1) is 12.0 Å². The van der Waals surface area contributed by atoms with Gasteiger partial charge in [-0.05, 0) is 42.5 Å². The number of methoxy groups -OCH3 is 1. The van der Waals surface area contributed by atoms with E-state index in [2.05, 4.69) is 0 Å². The maximum Gasteiger partial charge on any atom is 0.293 e. The molecule has 0 radical (unpaired) electrons. The molecule has 4 nitrogen and oxygen atoms in total. The fourth-order valence-corrected chi connectivity index (χ4v) is 2.56. The van der Waals surface area contributed by atoms with Gasteiger partial charge in [-0.2, -0.15) is 0 Å². The lowest BCUT2D eigenvalue weighted by Crippen LogP contribution is -2.27. The first-order valence-corrected chi connectivity index (χ1v) is 6.36. The van der Waals surface area contributed by atoms with Gasteiger partial charge >= 0.3 is 0 Å². The van der Waals surface area contributed by atoms with Crippen molar-refractivity contribution in [3.8, 4) is 5.75 Å². The summed E-state index contributed by atoms with van der Waals surface area (Å²) in [6.45, 7) is 2.19. The van der Waals surface area contributed by atoms with Gasteiger partial charge in [-0.25, -0.2) is 0 Å². The van der Waals surface area contributed by atoms with Crippen LogP contribution in [-0.2, 0) is 4.79 Å². The highest BCUT2D eigenvalue weighted by Crippen LogP contribution is 2.32. The molecule has 1 fully saturated rings. The molecule has 0 atom stereocenters. The zero-order chi connectivity index (χ0) is 13.1. The molecule has 1 aliphatic rings. The normalized spacial score (nSPS) is 17.7. The SMILES string of the molecule is CCN1C(=O)S/C(=C/c2cccc(OC)c2)C1=O. The number of hydrogen-bond donors (Lipinski definition) is 0. The van der Waals surface area contributed by atoms with Gasteiger partial charge in [0.15, 0.2) is 0 Å². The Hall–Kier alpha value is -1.75. The monoisotopic (exact) mass is 263 g/mol. The molecule has 5 heteroatoms. The van der Waals surface area contributed by atoms with Crippen LogP contribution < -0.4 is 4.74 Å². The number of ether oxygens (including phenoxy) is 1. The second-order valence-electron chi connectivity index (χ2n) is 3.70. The van der Waals surface area contributed by atoms with Crippen LogP contribution >= 0.6 is 11.8 Å². The summed E-state index contributed by atoms with van der Waals surface area (Å²) in [7, 11) is 1.59. The lowest BCUT2D eigenvalue weighted by atomic mass is 10.2. The van der Waals surface area contributed by atoms with Crippen LogP contribution in [0.3, 0.4) is 0 Å². The van der Waals surface area contributed by atoms with E-state index >= 15 is 0 Å². The minimum absolute atomic E-state index is 0.211. The zero-order valence-electron chi connectivity index (χ0n) is 10.2. The van der Waals surface area contributed by atoms with Crippen LogP contribution in [0.1, 0.15) is 12.5 Å². The molecule has 0 aliphatic carbocycles. The van der Waals surface area contributed by atoms with Gasteiger partial charge in [0.25, 0.3) is 11.1 Å². The number of hydrogen-bond acceptors (Lipinski definition) is 4. The average Bonchev–Trinajstić information content (AvgIpc) is 2.64. The van der Waals surface area contributed by atoms with Gasteiger partial charge in [-0.15, -0.1) is 0 Å². The molecule has 2 rings (SSSR count). The third kappa shape index (κ3) is 2.41. The Morgan fingerprint density at radius 2 is 2.17 bits per heavy atom. The standard InChI is InChI=1S/C13H13NO3S/c1-3-14-12(15)11(18-13(14)16)8-9-5-4-6-10(7-9)17-2/h4-8H,3H2,1-2H3/b11-8+. The molecular weight excluding hydrogens is 250 g/mol. The summed E-state index contributed by atoms with van der Waals surface area (Å²) in [5, 5.41) is -0.211. The molecule has 1 aliphatic heterocycles. The third-order valence-corrected chi connectivity index (χ3v) is 3.49. The van der Waals surface area contributed by atoms with Crippen molar-refractivity contribution in [3.05, 3.63) is 34.7 Å². The largest absolute Gasteiger partial charge is 0.497 e. The fraction of sp³-hybridized carbons (Fsp3) is 0.231. The number of amides is 2. The van der Waals surface area contributed by atoms with Crippen molar-refractivity contribution in [3.63, 3.8) is 0 Å². The van der Waals surface area contributed by atoms with Crippen molar-refractivity contribution in [1.29, 1.82) is 0 Å². The molecular formula is C13H13NO3S. The van der Waals surface area contributed by atoms with Crippen molar-refractivity contribution in [2.24, 2.45) is 0 Å². The van der Waals surface area contributed by atoms with Crippen LogP contribution in [0, 0.1) is 0 Å². The van der Waals surface area contributed by atoms with E-state index in [0.717, 1.165) is 23.1 Å². The molecule has 0 aromatic heterocycles. The van der Waals surface area contributed by atoms with Crippen molar-refractivity contribution in [2.45, 2.75) is 6.92 Å². The Balaban J connectivity index is 2.28. The number of thioether (sulfide) groups is 1. The van der Waals surface area contributed by atoms with Crippen LogP contribution in [0.25, 0.3) is 6.08 Å². The third-order valence-electron chi connectivity index (χ3n) is 2.58. The van der Waals surface area contributed by atoms with E-state index < -0.39 is 0 Å². The highest BCUT2D eigenvalue weighted by Gasteiger charge is 2.33. The molecule has 0 saturated carbocycles. The number of likely N-dealkylation sites (N-methyl/N-ethyl adjacent to an activating group) is 1. The summed E-state index contributed by atoms with van der Waals surface area (Å²) in [6, 6.07) is 7.35. The first-order chi connectivity index (χ1) is 8.65. The maximum absolute atomic E-state index is 11.9. The van der Waals surface area contributed by atoms with Gasteiger partial charge in [-0.1, -0.05) is 12.1 Å². The average molecular weight is 263 g/mol. The van der Waals surface area contributed by atoms with Gasteiger partial charge in [-0.3, -0.25) is 14.5 Å². The van der Waals surface area contributed by atoms with Gasteiger partial charge < -0.3 is 4.74 Å². The van der Waals surface area contributed by atoms with Crippen molar-refractivity contribution < 1.29 is 14.3 Å². The lowest BCUT2D eigenvalue weighted by Gasteiger charge is -2.07. The van der Waals surface area contributed by atoms with E-state index in [1.165, 1.54) is 4.90 Å². The Bertz CT molecular complexity index is 525. The van der Waals surface area contributed by atoms with Crippen molar-refractivity contribution in [1.82, 2.24) is 4.90 Å². The highest BCUT2D eigenvalue weighted by atomic mass is 32.2. The van der Waals surface area contributed by atoms with E-state index in [9.17, 15) is 9.59 Å². The Morgan fingerprint density at radius 3 is 2.78 bits per heavy atom. The van der Waals surface area contributed by atoms with E-state index in [1.54, 1.807) is 20.1 Å². The molecule has 1 aromatic carbocycles. The van der Waals surface area contributed by atoms with Crippen LogP contribution in [0.5, 0.6) is 5.75 Å². The summed E-state index contributed by atoms with van der Waals surface area (Å²) in [6.07, 6.45) is 1.71. The zero-order valence-corrected chi connectivity index (χ0v) is 11.0. The summed E-state index contributed by atoms with van der Waals surface area (Å²) in [5.41, 5.74) is 0.843. The number of rotatable bonds is 3. The Morgan fingerprint density at radius 1 is 1.39 bits per heavy atom. The smallest absolute Gasteiger partial charge is 0.293 e. The quantitative estimate of drug-likeness (QED) is 0.787. The molecule has 0 spiro atoms. The number of carbonyl (C=O) groups is 2. The van der Waals surface area contributed by atoms with Crippen LogP contribution in [0.15, 0.2) is 29.2 Å². The van der Waals surface area contributed by atoms with E-state index in [-0.39, 0.29) is 11.1 Å². The summed E-state index contributed by atoms with van der Waals surface area (Å²) in [5.74, 6) is 0.494. The summed E-state index contributed by atoms with van der Waals surface area (Å²) < 4.78 is 5.11. The molecule has 1 heterocycles. The topological polar surface area (TPSA) is 46.6 Å². The second-order valence-corrected chi connectivity index (χ2v) is 4.70. The van der Waals surface area contributed by atoms with Crippen LogP contribution in [0.2, 0.25) is 0 Å². The summed E-state index contributed by atoms with van der Waals surface area (Å²) in [4.78, 5) is 25.1. The van der Waals surface area contributed by atoms with E-state index in [1.807, 2.05) is 24.3 Å². The molecule has 1 aromatic rings. The summed E-state index contributed by atoms with van der Waals surface area (Å²) >= 11 is 0.972. The van der Waals surface area contributed by atoms with E-state index in [4.69, 9.17) is 4.74 Å². The minimum atomic E-state index is -0.227. The first-order valence-electron chi connectivity index (χ1n) is 5.55. The Kier molecular flexibility index (Phi) is 3.72. The highest BCUT2D eigenvalue weighted by molar-refractivity contribution is 8.18. The fourth-order valence-electron chi connectivity index (χ4n) is 1.66.